The second kappa shape index (κ2) is 5.38. The van der Waals surface area contributed by atoms with E-state index in [1.165, 1.54) is 17.0 Å². The quantitative estimate of drug-likeness (QED) is 0.375. The fourth-order valence-corrected chi connectivity index (χ4v) is 2.76. The fraction of sp³-hybridized carbons (Fsp3) is 0.231. The number of carbonyl (C=O) groups excluding carboxylic acids is 1. The molecule has 2 aromatic rings. The van der Waals surface area contributed by atoms with Crippen LogP contribution in [0, 0.1) is 24.0 Å². The number of thiophene rings is 1. The van der Waals surface area contributed by atoms with Gasteiger partial charge in [-0.1, -0.05) is 0 Å². The Hall–Kier alpha value is -2.28. The van der Waals surface area contributed by atoms with Crippen LogP contribution in [0.4, 0.5) is 5.69 Å². The third kappa shape index (κ3) is 2.83. The lowest BCUT2D eigenvalue weighted by Crippen LogP contribution is -2.01. The van der Waals surface area contributed by atoms with Crippen LogP contribution < -0.4 is 0 Å². The molecule has 0 saturated heterocycles. The molecule has 6 nitrogen and oxygen atoms in total. The van der Waals surface area contributed by atoms with Gasteiger partial charge in [0.25, 0.3) is 0 Å². The lowest BCUT2D eigenvalue weighted by atomic mass is 10.2. The predicted molar refractivity (Wildman–Crippen MR) is 77.0 cm³/mol. The Morgan fingerprint density at radius 2 is 2.20 bits per heavy atom. The van der Waals surface area contributed by atoms with E-state index in [4.69, 9.17) is 0 Å². The summed E-state index contributed by atoms with van der Waals surface area (Å²) >= 11 is 1.64. The fourth-order valence-electron chi connectivity index (χ4n) is 1.85. The molecule has 2 heterocycles. The van der Waals surface area contributed by atoms with Gasteiger partial charge in [-0.3, -0.25) is 19.6 Å². The second-order valence-corrected chi connectivity index (χ2v) is 5.82. The summed E-state index contributed by atoms with van der Waals surface area (Å²) in [5, 5.41) is 14.7. The number of nitro groups is 1. The summed E-state index contributed by atoms with van der Waals surface area (Å²) in [5.41, 5.74) is 0.526. The van der Waals surface area contributed by atoms with Gasteiger partial charge in [0.2, 0.25) is 11.5 Å². The lowest BCUT2D eigenvalue weighted by molar-refractivity contribution is -0.385. The van der Waals surface area contributed by atoms with Gasteiger partial charge in [-0.25, -0.2) is 0 Å². The molecule has 104 valence electrons. The summed E-state index contributed by atoms with van der Waals surface area (Å²) in [6.07, 6.45) is 4.21. The Balaban J connectivity index is 2.29. The smallest absolute Gasteiger partial charge is 0.287 e. The maximum atomic E-state index is 12.0. The molecule has 0 N–H and O–H groups in total. The molecule has 2 aromatic heterocycles. The van der Waals surface area contributed by atoms with E-state index in [9.17, 15) is 14.9 Å². The number of nitrogens with zero attached hydrogens (tertiary/aromatic N) is 3. The molecule has 0 atom stereocenters. The third-order valence-corrected chi connectivity index (χ3v) is 3.71. The van der Waals surface area contributed by atoms with Crippen LogP contribution in [0.1, 0.15) is 25.8 Å². The molecule has 0 fully saturated rings. The van der Waals surface area contributed by atoms with E-state index in [2.05, 4.69) is 5.10 Å². The maximum absolute atomic E-state index is 12.0. The number of hydrogen-bond acceptors (Lipinski definition) is 5. The van der Waals surface area contributed by atoms with Crippen LogP contribution >= 0.6 is 11.3 Å². The molecule has 0 saturated carbocycles. The molecule has 0 aliphatic rings. The zero-order valence-corrected chi connectivity index (χ0v) is 12.1. The van der Waals surface area contributed by atoms with E-state index < -0.39 is 10.7 Å². The van der Waals surface area contributed by atoms with E-state index in [0.29, 0.717) is 0 Å². The van der Waals surface area contributed by atoms with Crippen molar-refractivity contribution in [2.45, 2.75) is 13.8 Å². The van der Waals surface area contributed by atoms with Crippen LogP contribution in [0.5, 0.6) is 0 Å². The number of aryl methyl sites for hydroxylation is 3. The van der Waals surface area contributed by atoms with Crippen molar-refractivity contribution in [2.75, 3.05) is 0 Å². The average Bonchev–Trinajstić information content (AvgIpc) is 2.89. The number of ketones is 1. The van der Waals surface area contributed by atoms with E-state index in [0.717, 1.165) is 15.3 Å². The van der Waals surface area contributed by atoms with Crippen molar-refractivity contribution in [3.8, 4) is 0 Å². The zero-order chi connectivity index (χ0) is 14.9. The first-order valence-corrected chi connectivity index (χ1v) is 6.67. The molecule has 0 amide bonds. The van der Waals surface area contributed by atoms with E-state index >= 15 is 0 Å². The predicted octanol–water partition coefficient (Wildman–Crippen LogP) is 2.90. The van der Waals surface area contributed by atoms with Crippen LogP contribution in [0.25, 0.3) is 6.08 Å². The van der Waals surface area contributed by atoms with Crippen molar-refractivity contribution in [1.29, 1.82) is 0 Å². The molecular formula is C13H13N3O3S. The van der Waals surface area contributed by atoms with Gasteiger partial charge in [-0.2, -0.15) is 5.10 Å². The number of hydrogen-bond donors (Lipinski definition) is 0. The number of rotatable bonds is 4. The van der Waals surface area contributed by atoms with Crippen LogP contribution in [0.3, 0.4) is 0 Å². The highest BCUT2D eigenvalue weighted by molar-refractivity contribution is 7.12. The van der Waals surface area contributed by atoms with Crippen LogP contribution in [-0.2, 0) is 7.05 Å². The number of aromatic nitrogens is 2. The van der Waals surface area contributed by atoms with E-state index in [1.54, 1.807) is 24.5 Å². The lowest BCUT2D eigenvalue weighted by Gasteiger charge is -1.91. The molecular weight excluding hydrogens is 278 g/mol. The van der Waals surface area contributed by atoms with Crippen LogP contribution in [0.2, 0.25) is 0 Å². The molecule has 0 unspecified atom stereocenters. The van der Waals surface area contributed by atoms with Crippen molar-refractivity contribution in [2.24, 2.45) is 7.05 Å². The first-order valence-electron chi connectivity index (χ1n) is 5.86. The number of carbonyl (C=O) groups is 1. The minimum atomic E-state index is -0.603. The minimum absolute atomic E-state index is 0.140. The highest BCUT2D eigenvalue weighted by Crippen LogP contribution is 2.22. The zero-order valence-electron chi connectivity index (χ0n) is 11.3. The Morgan fingerprint density at radius 1 is 1.50 bits per heavy atom. The van der Waals surface area contributed by atoms with Crippen molar-refractivity contribution in [3.63, 3.8) is 0 Å². The Labute approximate surface area is 119 Å². The largest absolute Gasteiger partial charge is 0.318 e. The monoisotopic (exact) mass is 291 g/mol. The van der Waals surface area contributed by atoms with Gasteiger partial charge in [-0.15, -0.1) is 11.3 Å². The third-order valence-electron chi connectivity index (χ3n) is 2.73. The maximum Gasteiger partial charge on any atom is 0.318 e. The van der Waals surface area contributed by atoms with Gasteiger partial charge in [-0.05, 0) is 37.6 Å². The van der Waals surface area contributed by atoms with E-state index in [-0.39, 0.29) is 11.4 Å². The van der Waals surface area contributed by atoms with Gasteiger partial charge in [0, 0.05) is 16.8 Å². The average molecular weight is 291 g/mol. The van der Waals surface area contributed by atoms with Gasteiger partial charge < -0.3 is 0 Å². The summed E-state index contributed by atoms with van der Waals surface area (Å²) in [4.78, 5) is 24.5. The summed E-state index contributed by atoms with van der Waals surface area (Å²) in [5.74, 6) is -0.472. The highest BCUT2D eigenvalue weighted by Gasteiger charge is 2.23. The molecule has 7 heteroatoms. The molecule has 0 aliphatic heterocycles. The van der Waals surface area contributed by atoms with E-state index in [1.807, 2.05) is 19.9 Å². The van der Waals surface area contributed by atoms with Crippen LogP contribution in [0.15, 0.2) is 18.3 Å². The normalized spacial score (nSPS) is 11.2. The summed E-state index contributed by atoms with van der Waals surface area (Å²) in [6, 6.07) is 1.97. The molecule has 0 spiro atoms. The molecule has 0 aliphatic carbocycles. The van der Waals surface area contributed by atoms with Crippen LogP contribution in [-0.4, -0.2) is 20.5 Å². The van der Waals surface area contributed by atoms with Crippen molar-refractivity contribution in [1.82, 2.24) is 9.78 Å². The first-order chi connectivity index (χ1) is 9.38. The molecule has 0 aromatic carbocycles. The second-order valence-electron chi connectivity index (χ2n) is 4.36. The summed E-state index contributed by atoms with van der Waals surface area (Å²) in [6.45, 7) is 3.95. The summed E-state index contributed by atoms with van der Waals surface area (Å²) < 4.78 is 1.26. The Bertz CT molecular complexity index is 713. The SMILES string of the molecule is Cc1cc(/C=C/C(=O)c2nn(C)cc2[N+](=O)[O-])c(C)s1. The van der Waals surface area contributed by atoms with Crippen molar-refractivity contribution >= 4 is 28.9 Å². The first kappa shape index (κ1) is 14.1. The number of allylic oxidation sites excluding steroid dienone is 1. The van der Waals surface area contributed by atoms with Gasteiger partial charge >= 0.3 is 5.69 Å². The van der Waals surface area contributed by atoms with Crippen molar-refractivity contribution < 1.29 is 9.72 Å². The molecule has 2 rings (SSSR count). The minimum Gasteiger partial charge on any atom is -0.287 e. The molecule has 0 radical (unpaired) electrons. The molecule has 20 heavy (non-hydrogen) atoms. The highest BCUT2D eigenvalue weighted by atomic mass is 32.1. The summed E-state index contributed by atoms with van der Waals surface area (Å²) in [7, 11) is 1.54. The van der Waals surface area contributed by atoms with Gasteiger partial charge in [0.05, 0.1) is 4.92 Å². The van der Waals surface area contributed by atoms with Gasteiger partial charge in [0.15, 0.2) is 0 Å². The Kier molecular flexibility index (Phi) is 3.80. The standard InChI is InChI=1S/C13H13N3O3S/c1-8-6-10(9(2)20-8)4-5-12(17)13-11(16(18)19)7-15(3)14-13/h4-7H,1-3H3/b5-4+. The van der Waals surface area contributed by atoms with Gasteiger partial charge in [0.1, 0.15) is 6.20 Å². The topological polar surface area (TPSA) is 78.0 Å². The van der Waals surface area contributed by atoms with Crippen molar-refractivity contribution in [3.05, 3.63) is 49.5 Å². The molecule has 0 bridgehead atoms. The Morgan fingerprint density at radius 3 is 2.75 bits per heavy atom.